The maximum Gasteiger partial charge on any atom is 0.241 e. The summed E-state index contributed by atoms with van der Waals surface area (Å²) < 4.78 is 0. The van der Waals surface area contributed by atoms with E-state index in [0.29, 0.717) is 18.4 Å². The quantitative estimate of drug-likeness (QED) is 0.738. The van der Waals surface area contributed by atoms with Crippen molar-refractivity contribution in [2.24, 2.45) is 5.92 Å². The van der Waals surface area contributed by atoms with Gasteiger partial charge in [0.25, 0.3) is 0 Å². The van der Waals surface area contributed by atoms with E-state index in [1.54, 1.807) is 4.90 Å². The number of rotatable bonds is 5. The second-order valence-corrected chi connectivity index (χ2v) is 5.55. The number of benzene rings is 1. The van der Waals surface area contributed by atoms with Crippen LogP contribution in [0.5, 0.6) is 0 Å². The molecule has 0 bridgehead atoms. The average Bonchev–Trinajstić information content (AvgIpc) is 2.35. The Balaban J connectivity index is 3.04. The Labute approximate surface area is 115 Å². The van der Waals surface area contributed by atoms with Gasteiger partial charge in [-0.3, -0.25) is 4.79 Å². The van der Waals surface area contributed by atoms with Gasteiger partial charge in [-0.25, -0.2) is 0 Å². The number of hydrogen-bond donors (Lipinski definition) is 0. The maximum atomic E-state index is 11.9. The fourth-order valence-corrected chi connectivity index (χ4v) is 1.98. The van der Waals surface area contributed by atoms with Gasteiger partial charge in [0.2, 0.25) is 5.91 Å². The van der Waals surface area contributed by atoms with Gasteiger partial charge in [0.15, 0.2) is 0 Å². The molecule has 3 heteroatoms. The second kappa shape index (κ2) is 6.79. The smallest absolute Gasteiger partial charge is 0.241 e. The minimum absolute atomic E-state index is 0.0264. The predicted octanol–water partition coefficient (Wildman–Crippen LogP) is 4.04. The molecule has 1 aromatic carbocycles. The molecule has 0 fully saturated rings. The molecule has 0 radical (unpaired) electrons. The molecular formula is C15H22ClNO. The van der Waals surface area contributed by atoms with Crippen molar-refractivity contribution in [3.8, 4) is 0 Å². The fourth-order valence-electron chi connectivity index (χ4n) is 1.84. The zero-order valence-corrected chi connectivity index (χ0v) is 12.4. The molecule has 0 aliphatic carbocycles. The Morgan fingerprint density at radius 3 is 2.44 bits per heavy atom. The molecule has 0 heterocycles. The number of halogens is 1. The lowest BCUT2D eigenvalue weighted by molar-refractivity contribution is -0.116. The van der Waals surface area contributed by atoms with E-state index in [1.165, 1.54) is 5.56 Å². The fraction of sp³-hybridized carbons (Fsp3) is 0.533. The summed E-state index contributed by atoms with van der Waals surface area (Å²) in [5.41, 5.74) is 2.18. The van der Waals surface area contributed by atoms with Crippen LogP contribution in [0, 0.1) is 5.92 Å². The molecule has 0 aliphatic rings. The summed E-state index contributed by atoms with van der Waals surface area (Å²) in [7, 11) is 0. The monoisotopic (exact) mass is 267 g/mol. The highest BCUT2D eigenvalue weighted by molar-refractivity contribution is 6.29. The maximum absolute atomic E-state index is 11.9. The molecule has 1 aromatic rings. The zero-order chi connectivity index (χ0) is 13.7. The van der Waals surface area contributed by atoms with Crippen molar-refractivity contribution < 1.29 is 4.79 Å². The van der Waals surface area contributed by atoms with E-state index in [-0.39, 0.29) is 11.8 Å². The van der Waals surface area contributed by atoms with Gasteiger partial charge in [-0.15, -0.1) is 11.6 Å². The first-order valence-corrected chi connectivity index (χ1v) is 6.95. The third-order valence-electron chi connectivity index (χ3n) is 2.81. The van der Waals surface area contributed by atoms with Crippen LogP contribution in [0.15, 0.2) is 24.3 Å². The Morgan fingerprint density at radius 1 is 1.28 bits per heavy atom. The number of carbonyl (C=O) groups excluding carboxylic acids is 1. The minimum atomic E-state index is -0.0359. The lowest BCUT2D eigenvalue weighted by atomic mass is 10.0. The molecule has 1 amide bonds. The summed E-state index contributed by atoms with van der Waals surface area (Å²) in [6, 6.07) is 8.14. The predicted molar refractivity (Wildman–Crippen MR) is 78.4 cm³/mol. The van der Waals surface area contributed by atoms with Gasteiger partial charge in [0.1, 0.15) is 5.88 Å². The summed E-state index contributed by atoms with van der Waals surface area (Å²) in [6.45, 7) is 9.19. The van der Waals surface area contributed by atoms with Crippen LogP contribution in [-0.4, -0.2) is 18.3 Å². The SMILES string of the molecule is CC(C)CN(C(=O)CCl)c1cccc(C(C)C)c1. The highest BCUT2D eigenvalue weighted by Crippen LogP contribution is 2.22. The van der Waals surface area contributed by atoms with E-state index >= 15 is 0 Å². The Bertz CT molecular complexity index is 401. The number of alkyl halides is 1. The third-order valence-corrected chi connectivity index (χ3v) is 3.04. The van der Waals surface area contributed by atoms with Crippen molar-refractivity contribution in [3.05, 3.63) is 29.8 Å². The standard InChI is InChI=1S/C15H22ClNO/c1-11(2)10-17(15(18)9-16)14-7-5-6-13(8-14)12(3)4/h5-8,11-12H,9-10H2,1-4H3. The van der Waals surface area contributed by atoms with Gasteiger partial charge in [-0.2, -0.15) is 0 Å². The van der Waals surface area contributed by atoms with Gasteiger partial charge >= 0.3 is 0 Å². The molecule has 0 aromatic heterocycles. The van der Waals surface area contributed by atoms with Gasteiger partial charge in [-0.05, 0) is 29.5 Å². The van der Waals surface area contributed by atoms with Gasteiger partial charge in [-0.1, -0.05) is 39.8 Å². The highest BCUT2D eigenvalue weighted by atomic mass is 35.5. The minimum Gasteiger partial charge on any atom is -0.311 e. The molecule has 0 saturated carbocycles. The number of carbonyl (C=O) groups is 1. The van der Waals surface area contributed by atoms with Crippen molar-refractivity contribution in [3.63, 3.8) is 0 Å². The van der Waals surface area contributed by atoms with Crippen LogP contribution in [-0.2, 0) is 4.79 Å². The third kappa shape index (κ3) is 4.02. The number of hydrogen-bond acceptors (Lipinski definition) is 1. The van der Waals surface area contributed by atoms with Crippen molar-refractivity contribution >= 4 is 23.2 Å². The van der Waals surface area contributed by atoms with E-state index in [1.807, 2.05) is 12.1 Å². The lowest BCUT2D eigenvalue weighted by Crippen LogP contribution is -2.35. The first-order valence-electron chi connectivity index (χ1n) is 6.42. The molecular weight excluding hydrogens is 246 g/mol. The first kappa shape index (κ1) is 15.0. The van der Waals surface area contributed by atoms with Crippen LogP contribution in [0.4, 0.5) is 5.69 Å². The Hall–Kier alpha value is -1.02. The zero-order valence-electron chi connectivity index (χ0n) is 11.6. The Morgan fingerprint density at radius 2 is 1.94 bits per heavy atom. The highest BCUT2D eigenvalue weighted by Gasteiger charge is 2.16. The molecule has 0 unspecified atom stereocenters. The van der Waals surface area contributed by atoms with Crippen molar-refractivity contribution in [2.45, 2.75) is 33.6 Å². The molecule has 2 nitrogen and oxygen atoms in total. The summed E-state index contributed by atoms with van der Waals surface area (Å²) in [6.07, 6.45) is 0. The number of nitrogens with zero attached hydrogens (tertiary/aromatic N) is 1. The molecule has 0 spiro atoms. The second-order valence-electron chi connectivity index (χ2n) is 5.28. The summed E-state index contributed by atoms with van der Waals surface area (Å²) in [5, 5.41) is 0. The van der Waals surface area contributed by atoms with E-state index in [4.69, 9.17) is 11.6 Å². The van der Waals surface area contributed by atoms with Crippen LogP contribution in [0.25, 0.3) is 0 Å². The van der Waals surface area contributed by atoms with Crippen LogP contribution < -0.4 is 4.90 Å². The first-order chi connectivity index (χ1) is 8.45. The van der Waals surface area contributed by atoms with Gasteiger partial charge < -0.3 is 4.90 Å². The van der Waals surface area contributed by atoms with E-state index in [9.17, 15) is 4.79 Å². The van der Waals surface area contributed by atoms with Crippen LogP contribution >= 0.6 is 11.6 Å². The number of anilines is 1. The van der Waals surface area contributed by atoms with E-state index in [2.05, 4.69) is 39.8 Å². The molecule has 0 atom stereocenters. The summed E-state index contributed by atoms with van der Waals surface area (Å²) >= 11 is 5.69. The molecule has 0 aliphatic heterocycles. The Kier molecular flexibility index (Phi) is 5.67. The topological polar surface area (TPSA) is 20.3 Å². The summed E-state index contributed by atoms with van der Waals surface area (Å²) in [5.74, 6) is 0.863. The molecule has 1 rings (SSSR count). The van der Waals surface area contributed by atoms with Crippen molar-refractivity contribution in [1.82, 2.24) is 0 Å². The lowest BCUT2D eigenvalue weighted by Gasteiger charge is -2.25. The van der Waals surface area contributed by atoms with Crippen LogP contribution in [0.1, 0.15) is 39.2 Å². The van der Waals surface area contributed by atoms with Gasteiger partial charge in [0, 0.05) is 12.2 Å². The molecule has 100 valence electrons. The van der Waals surface area contributed by atoms with Crippen LogP contribution in [0.2, 0.25) is 0 Å². The van der Waals surface area contributed by atoms with Gasteiger partial charge in [0.05, 0.1) is 0 Å². The molecule has 18 heavy (non-hydrogen) atoms. The average molecular weight is 268 g/mol. The van der Waals surface area contributed by atoms with Crippen molar-refractivity contribution in [1.29, 1.82) is 0 Å². The normalized spacial score (nSPS) is 11.1. The summed E-state index contributed by atoms with van der Waals surface area (Å²) in [4.78, 5) is 13.7. The largest absolute Gasteiger partial charge is 0.311 e. The van der Waals surface area contributed by atoms with Crippen LogP contribution in [0.3, 0.4) is 0 Å². The molecule has 0 saturated heterocycles. The number of amides is 1. The van der Waals surface area contributed by atoms with E-state index in [0.717, 1.165) is 5.69 Å². The molecule has 0 N–H and O–H groups in total. The van der Waals surface area contributed by atoms with Crippen molar-refractivity contribution in [2.75, 3.05) is 17.3 Å². The van der Waals surface area contributed by atoms with E-state index < -0.39 is 0 Å².